The minimum Gasteiger partial charge on any atom is -0.469 e. The number of anilines is 1. The van der Waals surface area contributed by atoms with Crippen LogP contribution in [0.15, 0.2) is 56.0 Å². The molecule has 1 aromatic carbocycles. The molecule has 7 nitrogen and oxygen atoms in total. The summed E-state index contributed by atoms with van der Waals surface area (Å²) in [5.74, 6) is 1.61. The van der Waals surface area contributed by atoms with Gasteiger partial charge in [0.1, 0.15) is 5.76 Å². The van der Waals surface area contributed by atoms with E-state index < -0.39 is 0 Å². The van der Waals surface area contributed by atoms with E-state index in [0.717, 1.165) is 32.9 Å². The fourth-order valence-corrected chi connectivity index (χ4v) is 4.67. The molecule has 0 spiro atoms. The molecule has 0 fully saturated rings. The zero-order valence-corrected chi connectivity index (χ0v) is 19.5. The molecule has 0 atom stereocenters. The highest BCUT2D eigenvalue weighted by molar-refractivity contribution is 9.10. The number of amides is 1. The van der Waals surface area contributed by atoms with Crippen molar-refractivity contribution in [3.63, 3.8) is 0 Å². The van der Waals surface area contributed by atoms with Gasteiger partial charge in [0.05, 0.1) is 23.3 Å². The van der Waals surface area contributed by atoms with E-state index in [2.05, 4.69) is 36.4 Å². The number of thiazole rings is 1. The molecular formula is C20H18BrN5O2S2. The Morgan fingerprint density at radius 3 is 2.77 bits per heavy atom. The highest BCUT2D eigenvalue weighted by Crippen LogP contribution is 2.28. The third-order valence-corrected chi connectivity index (χ3v) is 6.61. The zero-order chi connectivity index (χ0) is 21.1. The van der Waals surface area contributed by atoms with Gasteiger partial charge in [-0.05, 0) is 32.0 Å². The number of rotatable bonds is 7. The van der Waals surface area contributed by atoms with Gasteiger partial charge < -0.3 is 14.3 Å². The first-order valence-corrected chi connectivity index (χ1v) is 11.8. The predicted octanol–water partition coefficient (Wildman–Crippen LogP) is 5.48. The first kappa shape index (κ1) is 20.8. The van der Waals surface area contributed by atoms with Crippen molar-refractivity contribution in [1.82, 2.24) is 19.7 Å². The number of aryl methyl sites for hydroxylation is 1. The Balaban J connectivity index is 1.39. The van der Waals surface area contributed by atoms with Crippen LogP contribution in [0.1, 0.15) is 12.7 Å². The Labute approximate surface area is 190 Å². The lowest BCUT2D eigenvalue weighted by molar-refractivity contribution is -0.113. The normalized spacial score (nSPS) is 11.0. The number of furan rings is 1. The molecule has 4 rings (SSSR count). The topological polar surface area (TPSA) is 85.8 Å². The molecule has 0 radical (unpaired) electrons. The second-order valence-electron chi connectivity index (χ2n) is 6.32. The Bertz CT molecular complexity index is 1170. The monoisotopic (exact) mass is 503 g/mol. The number of hydrogen-bond donors (Lipinski definition) is 1. The van der Waals surface area contributed by atoms with E-state index in [-0.39, 0.29) is 11.7 Å². The summed E-state index contributed by atoms with van der Waals surface area (Å²) >= 11 is 6.17. The van der Waals surface area contributed by atoms with Crippen LogP contribution in [0.3, 0.4) is 0 Å². The molecule has 154 valence electrons. The van der Waals surface area contributed by atoms with Gasteiger partial charge in [0.15, 0.2) is 16.1 Å². The number of nitrogens with zero attached hydrogens (tertiary/aromatic N) is 4. The van der Waals surface area contributed by atoms with Gasteiger partial charge in [0.2, 0.25) is 5.91 Å². The number of carbonyl (C=O) groups is 1. The second-order valence-corrected chi connectivity index (χ2v) is 9.04. The van der Waals surface area contributed by atoms with E-state index in [9.17, 15) is 4.79 Å². The Morgan fingerprint density at radius 1 is 1.27 bits per heavy atom. The number of hydrogen-bond acceptors (Lipinski definition) is 7. The Morgan fingerprint density at radius 2 is 2.07 bits per heavy atom. The van der Waals surface area contributed by atoms with E-state index in [0.29, 0.717) is 16.8 Å². The Kier molecular flexibility index (Phi) is 6.35. The SMILES string of the molecule is CCn1c(SCC(=O)Nc2nc(-c3ccc(Br)cc3)cs2)nnc1-c1ccoc1C. The van der Waals surface area contributed by atoms with Gasteiger partial charge in [-0.15, -0.1) is 21.5 Å². The number of benzene rings is 1. The molecule has 0 bridgehead atoms. The molecule has 0 aliphatic carbocycles. The second kappa shape index (κ2) is 9.15. The van der Waals surface area contributed by atoms with Crippen LogP contribution in [0, 0.1) is 6.92 Å². The summed E-state index contributed by atoms with van der Waals surface area (Å²) in [6.45, 7) is 4.60. The molecule has 0 unspecified atom stereocenters. The molecule has 0 saturated carbocycles. The van der Waals surface area contributed by atoms with Crippen molar-refractivity contribution in [2.45, 2.75) is 25.5 Å². The van der Waals surface area contributed by atoms with E-state index in [1.807, 2.05) is 54.1 Å². The molecule has 4 aromatic rings. The van der Waals surface area contributed by atoms with E-state index in [4.69, 9.17) is 4.42 Å². The zero-order valence-electron chi connectivity index (χ0n) is 16.3. The summed E-state index contributed by atoms with van der Waals surface area (Å²) in [4.78, 5) is 16.9. The number of halogens is 1. The van der Waals surface area contributed by atoms with Crippen LogP contribution < -0.4 is 5.32 Å². The summed E-state index contributed by atoms with van der Waals surface area (Å²) in [6.07, 6.45) is 1.64. The predicted molar refractivity (Wildman–Crippen MR) is 123 cm³/mol. The summed E-state index contributed by atoms with van der Waals surface area (Å²) in [5, 5.41) is 14.6. The lowest BCUT2D eigenvalue weighted by Crippen LogP contribution is -2.14. The highest BCUT2D eigenvalue weighted by atomic mass is 79.9. The highest BCUT2D eigenvalue weighted by Gasteiger charge is 2.17. The van der Waals surface area contributed by atoms with Crippen molar-refractivity contribution in [3.8, 4) is 22.6 Å². The molecule has 3 aromatic heterocycles. The van der Waals surface area contributed by atoms with Crippen molar-refractivity contribution in [1.29, 1.82) is 0 Å². The van der Waals surface area contributed by atoms with Gasteiger partial charge in [-0.3, -0.25) is 4.79 Å². The van der Waals surface area contributed by atoms with Crippen LogP contribution in [-0.2, 0) is 11.3 Å². The number of carbonyl (C=O) groups excluding carboxylic acids is 1. The molecule has 3 heterocycles. The largest absolute Gasteiger partial charge is 0.469 e. The first-order valence-electron chi connectivity index (χ1n) is 9.17. The molecule has 0 saturated heterocycles. The van der Waals surface area contributed by atoms with E-state index >= 15 is 0 Å². The molecule has 1 N–H and O–H groups in total. The van der Waals surface area contributed by atoms with E-state index in [1.165, 1.54) is 23.1 Å². The average Bonchev–Trinajstić information content (AvgIpc) is 3.46. The van der Waals surface area contributed by atoms with Gasteiger partial charge in [0, 0.05) is 22.0 Å². The fourth-order valence-electron chi connectivity index (χ4n) is 2.87. The van der Waals surface area contributed by atoms with Crippen molar-refractivity contribution in [2.75, 3.05) is 11.1 Å². The molecule has 0 aliphatic rings. The minimum absolute atomic E-state index is 0.136. The quantitative estimate of drug-likeness (QED) is 0.336. The van der Waals surface area contributed by atoms with Crippen molar-refractivity contribution in [2.24, 2.45) is 0 Å². The summed E-state index contributed by atoms with van der Waals surface area (Å²) < 4.78 is 8.36. The summed E-state index contributed by atoms with van der Waals surface area (Å²) in [5.41, 5.74) is 2.74. The molecule has 0 aliphatic heterocycles. The third-order valence-electron chi connectivity index (χ3n) is 4.36. The minimum atomic E-state index is -0.136. The van der Waals surface area contributed by atoms with Crippen molar-refractivity contribution in [3.05, 3.63) is 52.2 Å². The third kappa shape index (κ3) is 4.50. The average molecular weight is 504 g/mol. The molecule has 1 amide bonds. The number of aromatic nitrogens is 4. The van der Waals surface area contributed by atoms with Crippen molar-refractivity contribution >= 4 is 50.1 Å². The lowest BCUT2D eigenvalue weighted by Gasteiger charge is -2.06. The lowest BCUT2D eigenvalue weighted by atomic mass is 10.2. The van der Waals surface area contributed by atoms with Crippen LogP contribution in [0.25, 0.3) is 22.6 Å². The maximum atomic E-state index is 12.4. The maximum Gasteiger partial charge on any atom is 0.236 e. The summed E-state index contributed by atoms with van der Waals surface area (Å²) in [6, 6.07) is 9.77. The van der Waals surface area contributed by atoms with Crippen molar-refractivity contribution < 1.29 is 9.21 Å². The fraction of sp³-hybridized carbons (Fsp3) is 0.200. The standard InChI is InChI=1S/C20H18BrN5O2S2/c1-3-26-18(15-8-9-28-12(15)2)24-25-20(26)30-11-17(27)23-19-22-16(10-29-19)13-4-6-14(21)7-5-13/h4-10H,3,11H2,1-2H3,(H,22,23,27). The Hall–Kier alpha value is -2.43. The van der Waals surface area contributed by atoms with Gasteiger partial charge >= 0.3 is 0 Å². The van der Waals surface area contributed by atoms with Crippen LogP contribution in [0.4, 0.5) is 5.13 Å². The number of thioether (sulfide) groups is 1. The van der Waals surface area contributed by atoms with Gasteiger partial charge in [0.25, 0.3) is 0 Å². The number of nitrogens with one attached hydrogen (secondary N) is 1. The molecule has 30 heavy (non-hydrogen) atoms. The smallest absolute Gasteiger partial charge is 0.236 e. The maximum absolute atomic E-state index is 12.4. The molecular weight excluding hydrogens is 486 g/mol. The molecule has 10 heteroatoms. The van der Waals surface area contributed by atoms with Crippen LogP contribution in [0.2, 0.25) is 0 Å². The van der Waals surface area contributed by atoms with E-state index in [1.54, 1.807) is 6.26 Å². The summed E-state index contributed by atoms with van der Waals surface area (Å²) in [7, 11) is 0. The van der Waals surface area contributed by atoms with Gasteiger partial charge in [-0.2, -0.15) is 0 Å². The van der Waals surface area contributed by atoms with Gasteiger partial charge in [-0.25, -0.2) is 4.98 Å². The first-order chi connectivity index (χ1) is 14.5. The van der Waals surface area contributed by atoms with Crippen LogP contribution >= 0.6 is 39.0 Å². The van der Waals surface area contributed by atoms with Crippen LogP contribution in [-0.4, -0.2) is 31.4 Å². The van der Waals surface area contributed by atoms with Gasteiger partial charge in [-0.1, -0.05) is 39.8 Å². The van der Waals surface area contributed by atoms with Crippen LogP contribution in [0.5, 0.6) is 0 Å².